The molecule has 0 saturated carbocycles. The van der Waals surface area contributed by atoms with Gasteiger partial charge in [0.1, 0.15) is 0 Å². The molecule has 1 atom stereocenters. The number of aliphatic hydroxyl groups excluding tert-OH is 1. The normalized spacial score (nSPS) is 12.5. The van der Waals surface area contributed by atoms with E-state index in [0.717, 1.165) is 17.9 Å². The van der Waals surface area contributed by atoms with Crippen molar-refractivity contribution in [2.75, 3.05) is 38.3 Å². The van der Waals surface area contributed by atoms with Crippen LogP contribution in [0.25, 0.3) is 0 Å². The number of aliphatic hydroxyl groups is 1. The number of nitrogens with two attached hydrogens (primary N) is 1. The Kier molecular flexibility index (Phi) is 5.90. The van der Waals surface area contributed by atoms with Crippen molar-refractivity contribution < 1.29 is 9.84 Å². The molecule has 0 spiro atoms. The maximum atomic E-state index is 8.57. The lowest BCUT2D eigenvalue weighted by Crippen LogP contribution is -2.23. The minimum Gasteiger partial charge on any atom is -0.394 e. The quantitative estimate of drug-likeness (QED) is 0.680. The first-order chi connectivity index (χ1) is 8.15. The zero-order chi connectivity index (χ0) is 12.7. The lowest BCUT2D eigenvalue weighted by atomic mass is 10.2. The molecule has 0 aliphatic carbocycles. The van der Waals surface area contributed by atoms with Crippen LogP contribution in [-0.2, 0) is 4.74 Å². The number of pyridine rings is 1. The molecule has 0 radical (unpaired) electrons. The van der Waals surface area contributed by atoms with Crippen molar-refractivity contribution in [3.05, 3.63) is 24.0 Å². The maximum absolute atomic E-state index is 8.57. The summed E-state index contributed by atoms with van der Waals surface area (Å²) in [5, 5.41) is 8.57. The summed E-state index contributed by atoms with van der Waals surface area (Å²) in [5.74, 6) is 0. The molecule has 0 amide bonds. The second kappa shape index (κ2) is 7.21. The van der Waals surface area contributed by atoms with Gasteiger partial charge in [0.15, 0.2) is 0 Å². The topological polar surface area (TPSA) is 71.6 Å². The summed E-state index contributed by atoms with van der Waals surface area (Å²) < 4.78 is 5.20. The number of aromatic nitrogens is 1. The van der Waals surface area contributed by atoms with Gasteiger partial charge in [-0.25, -0.2) is 0 Å². The van der Waals surface area contributed by atoms with Crippen LogP contribution in [0.4, 0.5) is 5.69 Å². The zero-order valence-corrected chi connectivity index (χ0v) is 10.5. The van der Waals surface area contributed by atoms with Crippen molar-refractivity contribution in [3.63, 3.8) is 0 Å². The Balaban J connectivity index is 2.43. The van der Waals surface area contributed by atoms with Gasteiger partial charge in [0, 0.05) is 19.6 Å². The molecule has 96 valence electrons. The van der Waals surface area contributed by atoms with Crippen molar-refractivity contribution in [2.45, 2.75) is 13.0 Å². The second-order valence-corrected chi connectivity index (χ2v) is 3.99. The number of rotatable bonds is 7. The van der Waals surface area contributed by atoms with Crippen LogP contribution in [0.1, 0.15) is 18.7 Å². The van der Waals surface area contributed by atoms with E-state index in [4.69, 9.17) is 15.6 Å². The smallest absolute Gasteiger partial charge is 0.0698 e. The third-order valence-electron chi connectivity index (χ3n) is 2.48. The van der Waals surface area contributed by atoms with Crippen LogP contribution in [-0.4, -0.2) is 43.5 Å². The molecule has 5 heteroatoms. The van der Waals surface area contributed by atoms with Crippen LogP contribution in [0, 0.1) is 0 Å². The Morgan fingerprint density at radius 3 is 2.76 bits per heavy atom. The van der Waals surface area contributed by atoms with E-state index in [1.807, 2.05) is 32.3 Å². The second-order valence-electron chi connectivity index (χ2n) is 3.99. The van der Waals surface area contributed by atoms with Crippen LogP contribution in [0.3, 0.4) is 0 Å². The van der Waals surface area contributed by atoms with E-state index in [9.17, 15) is 0 Å². The molecular formula is C12H21N3O2. The predicted octanol–water partition coefficient (Wildman–Crippen LogP) is 0.546. The highest BCUT2D eigenvalue weighted by Gasteiger charge is 2.04. The highest BCUT2D eigenvalue weighted by Crippen LogP contribution is 2.13. The van der Waals surface area contributed by atoms with Gasteiger partial charge < -0.3 is 20.5 Å². The largest absolute Gasteiger partial charge is 0.394 e. The molecule has 3 N–H and O–H groups in total. The highest BCUT2D eigenvalue weighted by molar-refractivity contribution is 5.43. The molecule has 0 aliphatic rings. The predicted molar refractivity (Wildman–Crippen MR) is 68.0 cm³/mol. The minimum atomic E-state index is -0.0396. The third kappa shape index (κ3) is 4.68. The summed E-state index contributed by atoms with van der Waals surface area (Å²) in [6.07, 6.45) is 1.81. The van der Waals surface area contributed by atoms with Crippen LogP contribution in [0.15, 0.2) is 18.3 Å². The molecular weight excluding hydrogens is 218 g/mol. The van der Waals surface area contributed by atoms with Crippen molar-refractivity contribution in [3.8, 4) is 0 Å². The first-order valence-corrected chi connectivity index (χ1v) is 5.76. The van der Waals surface area contributed by atoms with E-state index in [-0.39, 0.29) is 12.6 Å². The van der Waals surface area contributed by atoms with Crippen LogP contribution < -0.4 is 10.6 Å². The monoisotopic (exact) mass is 239 g/mol. The number of anilines is 1. The Bertz CT molecular complexity index is 314. The lowest BCUT2D eigenvalue weighted by Gasteiger charge is -2.19. The van der Waals surface area contributed by atoms with Gasteiger partial charge in [-0.3, -0.25) is 4.98 Å². The van der Waals surface area contributed by atoms with Crippen LogP contribution in [0.2, 0.25) is 0 Å². The molecule has 1 rings (SSSR count). The molecule has 1 heterocycles. The standard InChI is InChI=1S/C12H21N3O2/c1-10(13)12-4-3-11(9-14-12)15(2)5-7-17-8-6-16/h3-4,9-10,16H,5-8,13H2,1-2H3/t10-/m1/s1. The average Bonchev–Trinajstić information content (AvgIpc) is 2.34. The average molecular weight is 239 g/mol. The van der Waals surface area contributed by atoms with Gasteiger partial charge in [0.05, 0.1) is 37.4 Å². The molecule has 0 fully saturated rings. The van der Waals surface area contributed by atoms with Gasteiger partial charge in [0.2, 0.25) is 0 Å². The first kappa shape index (κ1) is 13.9. The number of likely N-dealkylation sites (N-methyl/N-ethyl adjacent to an activating group) is 1. The Morgan fingerprint density at radius 1 is 1.47 bits per heavy atom. The fourth-order valence-electron chi connectivity index (χ4n) is 1.39. The molecule has 1 aromatic rings. The van der Waals surface area contributed by atoms with E-state index >= 15 is 0 Å². The molecule has 5 nitrogen and oxygen atoms in total. The first-order valence-electron chi connectivity index (χ1n) is 5.76. The Morgan fingerprint density at radius 2 is 2.24 bits per heavy atom. The van der Waals surface area contributed by atoms with Gasteiger partial charge in [-0.2, -0.15) is 0 Å². The van der Waals surface area contributed by atoms with E-state index in [2.05, 4.69) is 9.88 Å². The zero-order valence-electron chi connectivity index (χ0n) is 10.5. The fraction of sp³-hybridized carbons (Fsp3) is 0.583. The van der Waals surface area contributed by atoms with Crippen molar-refractivity contribution in [1.29, 1.82) is 0 Å². The van der Waals surface area contributed by atoms with Crippen molar-refractivity contribution in [1.82, 2.24) is 4.98 Å². The minimum absolute atomic E-state index is 0.0396. The van der Waals surface area contributed by atoms with Crippen LogP contribution >= 0.6 is 0 Å². The molecule has 0 bridgehead atoms. The summed E-state index contributed by atoms with van der Waals surface area (Å²) in [6.45, 7) is 3.71. The van der Waals surface area contributed by atoms with Gasteiger partial charge in [-0.15, -0.1) is 0 Å². The van der Waals surface area contributed by atoms with E-state index in [0.29, 0.717) is 13.2 Å². The van der Waals surface area contributed by atoms with E-state index in [1.165, 1.54) is 0 Å². The van der Waals surface area contributed by atoms with Crippen molar-refractivity contribution in [2.24, 2.45) is 5.73 Å². The fourth-order valence-corrected chi connectivity index (χ4v) is 1.39. The molecule has 1 aromatic heterocycles. The summed E-state index contributed by atoms with van der Waals surface area (Å²) in [7, 11) is 1.98. The molecule has 0 saturated heterocycles. The number of hydrogen-bond donors (Lipinski definition) is 2. The maximum Gasteiger partial charge on any atom is 0.0698 e. The molecule has 0 aromatic carbocycles. The number of hydrogen-bond acceptors (Lipinski definition) is 5. The van der Waals surface area contributed by atoms with Crippen molar-refractivity contribution >= 4 is 5.69 Å². The molecule has 17 heavy (non-hydrogen) atoms. The summed E-state index contributed by atoms with van der Waals surface area (Å²) in [4.78, 5) is 6.35. The van der Waals surface area contributed by atoms with Gasteiger partial charge in [0.25, 0.3) is 0 Å². The lowest BCUT2D eigenvalue weighted by molar-refractivity contribution is 0.0971. The van der Waals surface area contributed by atoms with Gasteiger partial charge in [-0.1, -0.05) is 0 Å². The summed E-state index contributed by atoms with van der Waals surface area (Å²) in [5.41, 5.74) is 7.65. The van der Waals surface area contributed by atoms with E-state index < -0.39 is 0 Å². The summed E-state index contributed by atoms with van der Waals surface area (Å²) in [6, 6.07) is 3.89. The molecule has 0 aliphatic heterocycles. The SMILES string of the molecule is C[C@@H](N)c1ccc(N(C)CCOCCO)cn1. The van der Waals surface area contributed by atoms with Gasteiger partial charge in [-0.05, 0) is 19.1 Å². The van der Waals surface area contributed by atoms with Gasteiger partial charge >= 0.3 is 0 Å². The Labute approximate surface area is 102 Å². The molecule has 0 unspecified atom stereocenters. The third-order valence-corrected chi connectivity index (χ3v) is 2.48. The summed E-state index contributed by atoms with van der Waals surface area (Å²) >= 11 is 0. The van der Waals surface area contributed by atoms with E-state index in [1.54, 1.807) is 0 Å². The number of nitrogens with zero attached hydrogens (tertiary/aromatic N) is 2. The Hall–Kier alpha value is -1.17. The number of ether oxygens (including phenoxy) is 1. The van der Waals surface area contributed by atoms with Crippen LogP contribution in [0.5, 0.6) is 0 Å². The highest BCUT2D eigenvalue weighted by atomic mass is 16.5.